The summed E-state index contributed by atoms with van der Waals surface area (Å²) in [5.41, 5.74) is 1.66. The Balaban J connectivity index is 1.52. The van der Waals surface area contributed by atoms with Crippen LogP contribution >= 0.6 is 0 Å². The van der Waals surface area contributed by atoms with Crippen molar-refractivity contribution in [1.82, 2.24) is 14.8 Å². The van der Waals surface area contributed by atoms with Crippen molar-refractivity contribution in [2.24, 2.45) is 0 Å². The lowest BCUT2D eigenvalue weighted by atomic mass is 10.1. The summed E-state index contributed by atoms with van der Waals surface area (Å²) in [5, 5.41) is 11.7. The quantitative estimate of drug-likeness (QED) is 0.778. The van der Waals surface area contributed by atoms with Gasteiger partial charge in [0.15, 0.2) is 5.43 Å². The molecule has 0 radical (unpaired) electrons. The highest BCUT2D eigenvalue weighted by molar-refractivity contribution is 5.84. The first-order valence-electron chi connectivity index (χ1n) is 10.2. The molecular formula is C21H25FN4O4. The number of aromatic nitrogens is 1. The van der Waals surface area contributed by atoms with E-state index in [1.165, 1.54) is 6.07 Å². The van der Waals surface area contributed by atoms with Gasteiger partial charge in [-0.1, -0.05) is 0 Å². The predicted octanol–water partition coefficient (Wildman–Crippen LogP) is 2.09. The molecule has 1 saturated heterocycles. The summed E-state index contributed by atoms with van der Waals surface area (Å²) in [5.74, 6) is -1.40. The summed E-state index contributed by atoms with van der Waals surface area (Å²) >= 11 is 0. The molecule has 1 aliphatic carbocycles. The van der Waals surface area contributed by atoms with E-state index in [1.54, 1.807) is 17.9 Å². The maximum Gasteiger partial charge on any atom is 0.317 e. The van der Waals surface area contributed by atoms with E-state index in [0.29, 0.717) is 48.9 Å². The summed E-state index contributed by atoms with van der Waals surface area (Å²) in [4.78, 5) is 38.7. The van der Waals surface area contributed by atoms with Gasteiger partial charge in [-0.2, -0.15) is 0 Å². The van der Waals surface area contributed by atoms with E-state index >= 15 is 0 Å². The zero-order valence-electron chi connectivity index (χ0n) is 16.9. The van der Waals surface area contributed by atoms with Gasteiger partial charge >= 0.3 is 12.0 Å². The summed E-state index contributed by atoms with van der Waals surface area (Å²) in [6.45, 7) is 3.54. The smallest absolute Gasteiger partial charge is 0.317 e. The van der Waals surface area contributed by atoms with E-state index in [9.17, 15) is 18.8 Å². The Morgan fingerprint density at radius 2 is 1.90 bits per heavy atom. The number of hydrogen-bond acceptors (Lipinski definition) is 4. The van der Waals surface area contributed by atoms with Gasteiger partial charge in [-0.05, 0) is 31.9 Å². The van der Waals surface area contributed by atoms with Crippen molar-refractivity contribution < 1.29 is 19.1 Å². The maximum absolute atomic E-state index is 14.9. The molecular weight excluding hydrogens is 391 g/mol. The fraction of sp³-hybridized carbons (Fsp3) is 0.476. The standard InChI is InChI=1S/C21H25FN4O4/c1-13-12-26(14-2-3-14)17-11-18(16(22)10-15(17)20(13)29)24-6-8-25(9-7-24)21(30)23-5-4-19(27)28/h10-12,14H,2-9H2,1H3,(H,23,30)(H,27,28). The van der Waals surface area contributed by atoms with Crippen LogP contribution in [0.2, 0.25) is 0 Å². The molecule has 2 N–H and O–H groups in total. The van der Waals surface area contributed by atoms with Crippen LogP contribution in [0.4, 0.5) is 14.9 Å². The Morgan fingerprint density at radius 1 is 1.20 bits per heavy atom. The fourth-order valence-corrected chi connectivity index (χ4v) is 3.93. The van der Waals surface area contributed by atoms with Crippen LogP contribution < -0.4 is 15.6 Å². The average molecular weight is 416 g/mol. The van der Waals surface area contributed by atoms with Gasteiger partial charge in [0.25, 0.3) is 0 Å². The number of pyridine rings is 1. The molecule has 8 nitrogen and oxygen atoms in total. The molecule has 0 atom stereocenters. The molecule has 160 valence electrons. The van der Waals surface area contributed by atoms with E-state index in [-0.39, 0.29) is 24.4 Å². The second-order valence-electron chi connectivity index (χ2n) is 7.95. The van der Waals surface area contributed by atoms with Gasteiger partial charge < -0.3 is 24.8 Å². The number of aliphatic carboxylic acids is 1. The van der Waals surface area contributed by atoms with Crippen LogP contribution in [0.15, 0.2) is 23.1 Å². The minimum Gasteiger partial charge on any atom is -0.481 e. The highest BCUT2D eigenvalue weighted by atomic mass is 19.1. The maximum atomic E-state index is 14.9. The van der Waals surface area contributed by atoms with Gasteiger partial charge in [0.1, 0.15) is 5.82 Å². The first-order valence-corrected chi connectivity index (χ1v) is 10.2. The number of carboxylic acids is 1. The van der Waals surface area contributed by atoms with E-state index in [1.807, 2.05) is 11.1 Å². The van der Waals surface area contributed by atoms with Crippen LogP contribution in [0.5, 0.6) is 0 Å². The number of fused-ring (bicyclic) bond motifs is 1. The average Bonchev–Trinajstić information content (AvgIpc) is 3.55. The Morgan fingerprint density at radius 3 is 2.53 bits per heavy atom. The molecule has 1 aliphatic heterocycles. The number of anilines is 1. The van der Waals surface area contributed by atoms with E-state index in [0.717, 1.165) is 18.4 Å². The molecule has 2 heterocycles. The zero-order chi connectivity index (χ0) is 21.4. The molecule has 0 spiro atoms. The Labute approximate surface area is 172 Å². The Kier molecular flexibility index (Phi) is 5.36. The molecule has 4 rings (SSSR count). The van der Waals surface area contributed by atoms with Crippen LogP contribution in [0.25, 0.3) is 10.9 Å². The molecule has 2 fully saturated rings. The molecule has 0 bridgehead atoms. The van der Waals surface area contributed by atoms with Crippen molar-refractivity contribution >= 4 is 28.6 Å². The van der Waals surface area contributed by atoms with Crippen LogP contribution in [0.3, 0.4) is 0 Å². The van der Waals surface area contributed by atoms with E-state index < -0.39 is 11.8 Å². The lowest BCUT2D eigenvalue weighted by Crippen LogP contribution is -2.52. The molecule has 9 heteroatoms. The highest BCUT2D eigenvalue weighted by Gasteiger charge is 2.27. The van der Waals surface area contributed by atoms with Gasteiger partial charge in [-0.3, -0.25) is 9.59 Å². The number of carbonyl (C=O) groups is 2. The van der Waals surface area contributed by atoms with Crippen LogP contribution in [0.1, 0.15) is 30.9 Å². The predicted molar refractivity (Wildman–Crippen MR) is 111 cm³/mol. The van der Waals surface area contributed by atoms with Crippen LogP contribution in [-0.4, -0.2) is 59.3 Å². The number of aryl methyl sites for hydroxylation is 1. The molecule has 1 aromatic carbocycles. The number of benzene rings is 1. The monoisotopic (exact) mass is 416 g/mol. The van der Waals surface area contributed by atoms with Gasteiger partial charge in [-0.15, -0.1) is 0 Å². The fourth-order valence-electron chi connectivity index (χ4n) is 3.93. The van der Waals surface area contributed by atoms with Crippen molar-refractivity contribution in [2.45, 2.75) is 32.2 Å². The third-order valence-corrected chi connectivity index (χ3v) is 5.74. The normalized spacial score (nSPS) is 16.7. The number of amides is 2. The summed E-state index contributed by atoms with van der Waals surface area (Å²) < 4.78 is 17.0. The number of urea groups is 1. The van der Waals surface area contributed by atoms with Crippen molar-refractivity contribution in [3.05, 3.63) is 39.9 Å². The van der Waals surface area contributed by atoms with Crippen molar-refractivity contribution in [3.8, 4) is 0 Å². The number of nitrogens with one attached hydrogen (secondary N) is 1. The molecule has 1 aromatic heterocycles. The lowest BCUT2D eigenvalue weighted by molar-refractivity contribution is -0.136. The number of piperazine rings is 1. The van der Waals surface area contributed by atoms with Gasteiger partial charge in [-0.25, -0.2) is 9.18 Å². The lowest BCUT2D eigenvalue weighted by Gasteiger charge is -2.36. The minimum absolute atomic E-state index is 0.0752. The number of rotatable bonds is 5. The Bertz CT molecular complexity index is 1060. The third kappa shape index (κ3) is 3.96. The molecule has 2 aliphatic rings. The number of carbonyl (C=O) groups excluding carboxylic acids is 1. The van der Waals surface area contributed by atoms with Crippen molar-refractivity contribution in [1.29, 1.82) is 0 Å². The van der Waals surface area contributed by atoms with Gasteiger partial charge in [0.05, 0.1) is 17.6 Å². The molecule has 2 amide bonds. The second kappa shape index (κ2) is 7.97. The molecule has 1 saturated carbocycles. The molecule has 30 heavy (non-hydrogen) atoms. The first kappa shape index (κ1) is 20.2. The molecule has 0 unspecified atom stereocenters. The van der Waals surface area contributed by atoms with Gasteiger partial charge in [0.2, 0.25) is 0 Å². The number of nitrogens with zero attached hydrogens (tertiary/aromatic N) is 3. The summed E-state index contributed by atoms with van der Waals surface area (Å²) in [6.07, 6.45) is 3.85. The van der Waals surface area contributed by atoms with E-state index in [2.05, 4.69) is 9.88 Å². The number of halogens is 1. The third-order valence-electron chi connectivity index (χ3n) is 5.74. The van der Waals surface area contributed by atoms with Crippen molar-refractivity contribution in [3.63, 3.8) is 0 Å². The highest BCUT2D eigenvalue weighted by Crippen LogP contribution is 2.38. The van der Waals surface area contributed by atoms with Crippen molar-refractivity contribution in [2.75, 3.05) is 37.6 Å². The first-order chi connectivity index (χ1) is 14.3. The van der Waals surface area contributed by atoms with Crippen LogP contribution in [-0.2, 0) is 4.79 Å². The summed E-state index contributed by atoms with van der Waals surface area (Å²) in [7, 11) is 0. The zero-order valence-corrected chi connectivity index (χ0v) is 16.9. The number of hydrogen-bond donors (Lipinski definition) is 2. The molecule has 2 aromatic rings. The van der Waals surface area contributed by atoms with Gasteiger partial charge in [0, 0.05) is 55.9 Å². The van der Waals surface area contributed by atoms with E-state index in [4.69, 9.17) is 5.11 Å². The largest absolute Gasteiger partial charge is 0.481 e. The Hall–Kier alpha value is -3.10. The summed E-state index contributed by atoms with van der Waals surface area (Å²) in [6, 6.07) is 3.14. The minimum atomic E-state index is -0.966. The number of carboxylic acid groups (broad SMARTS) is 1. The van der Waals surface area contributed by atoms with Crippen LogP contribution in [0, 0.1) is 12.7 Å². The second-order valence-corrected chi connectivity index (χ2v) is 7.95. The topological polar surface area (TPSA) is 94.9 Å². The SMILES string of the molecule is Cc1cn(C2CC2)c2cc(N3CCN(C(=O)NCCC(=O)O)CC3)c(F)cc2c1=O.